The Hall–Kier alpha value is -3.74. The van der Waals surface area contributed by atoms with E-state index in [0.717, 1.165) is 80.9 Å². The van der Waals surface area contributed by atoms with Gasteiger partial charge in [0.1, 0.15) is 0 Å². The van der Waals surface area contributed by atoms with Crippen LogP contribution in [0.15, 0.2) is 113 Å². The van der Waals surface area contributed by atoms with Gasteiger partial charge < -0.3 is 40.9 Å². The molecule has 0 saturated carbocycles. The van der Waals surface area contributed by atoms with E-state index in [2.05, 4.69) is 86.8 Å². The molecule has 324 valence electrons. The summed E-state index contributed by atoms with van der Waals surface area (Å²) in [5.41, 5.74) is 2.71. The number of nitrogens with zero attached hydrogens (tertiary/aromatic N) is 4. The molecule has 0 bridgehead atoms. The van der Waals surface area contributed by atoms with Crippen LogP contribution >= 0.6 is 55.4 Å². The van der Waals surface area contributed by atoms with E-state index in [9.17, 15) is 19.2 Å². The second-order valence-corrected chi connectivity index (χ2v) is 19.3. The lowest BCUT2D eigenvalue weighted by atomic mass is 10.2. The molecule has 61 heavy (non-hydrogen) atoms. The smallest absolute Gasteiger partial charge is 0.225 e. The van der Waals surface area contributed by atoms with Crippen molar-refractivity contribution >= 4 is 102 Å². The van der Waals surface area contributed by atoms with Gasteiger partial charge in [-0.25, -0.2) is 0 Å². The summed E-state index contributed by atoms with van der Waals surface area (Å²) in [5.74, 6) is -0.478. The third kappa shape index (κ3) is 15.2. The van der Waals surface area contributed by atoms with Crippen LogP contribution in [-0.4, -0.2) is 123 Å². The van der Waals surface area contributed by atoms with Crippen LogP contribution in [0.25, 0.3) is 0 Å². The van der Waals surface area contributed by atoms with Crippen LogP contribution in [0.1, 0.15) is 32.1 Å². The third-order valence-corrected chi connectivity index (χ3v) is 13.8. The minimum atomic E-state index is -0.196. The molecule has 4 amide bonds. The van der Waals surface area contributed by atoms with Crippen LogP contribution in [0.4, 0.5) is 22.7 Å². The number of carbonyl (C=O) groups excluding carboxylic acids is 4. The molecule has 4 aromatic carbocycles. The molecule has 0 aromatic heterocycles. The number of hydrogen-bond donors (Lipinski definition) is 4. The Kier molecular flexibility index (Phi) is 18.1. The highest BCUT2D eigenvalue weighted by Gasteiger charge is 2.19. The topological polar surface area (TPSA) is 129 Å². The van der Waals surface area contributed by atoms with Crippen molar-refractivity contribution in [3.05, 3.63) is 93.9 Å². The van der Waals surface area contributed by atoms with Gasteiger partial charge >= 0.3 is 0 Å². The molecule has 0 radical (unpaired) electrons. The summed E-state index contributed by atoms with van der Waals surface area (Å²) in [4.78, 5) is 65.1. The molecule has 2 fully saturated rings. The number of para-hydroxylation sites is 2. The van der Waals surface area contributed by atoms with E-state index in [1.807, 2.05) is 84.9 Å². The van der Waals surface area contributed by atoms with Crippen LogP contribution in [-0.2, 0) is 19.2 Å². The first-order chi connectivity index (χ1) is 29.5. The van der Waals surface area contributed by atoms with Gasteiger partial charge in [0.05, 0.1) is 22.7 Å². The Morgan fingerprint density at radius 1 is 0.475 bits per heavy atom. The Bertz CT molecular complexity index is 2000. The van der Waals surface area contributed by atoms with Crippen molar-refractivity contribution in [1.82, 2.24) is 19.6 Å². The fourth-order valence-corrected chi connectivity index (χ4v) is 9.51. The van der Waals surface area contributed by atoms with Gasteiger partial charge in [0, 0.05) is 120 Å². The number of carbonyl (C=O) groups is 4. The molecular formula is C45H54Br2N8O4S2. The Balaban J connectivity index is 0.983. The van der Waals surface area contributed by atoms with Gasteiger partial charge in [-0.1, -0.05) is 79.6 Å². The monoisotopic (exact) mass is 992 g/mol. The maximum absolute atomic E-state index is 13.2. The van der Waals surface area contributed by atoms with Crippen molar-refractivity contribution in [2.45, 2.75) is 51.7 Å². The molecule has 6 rings (SSSR count). The molecule has 12 nitrogen and oxygen atoms in total. The zero-order valence-electron chi connectivity index (χ0n) is 34.7. The fourth-order valence-electron chi connectivity index (χ4n) is 6.86. The molecule has 2 aliphatic heterocycles. The molecule has 0 unspecified atom stereocenters. The van der Waals surface area contributed by atoms with E-state index in [1.165, 1.54) is 23.5 Å². The standard InChI is InChI=1S/C45H54Br2N8O4S2/c1-52-22-26-54(27-23-52)20-18-44(58)50-36-30-32(46)14-16-40(36)60-38-10-5-3-8-34(38)48-42(56)12-7-13-43(57)49-35-9-4-6-11-39(35)61-41-17-15-33(47)31-37(41)51-45(59)19-21-55-28-24-53(2)25-29-55/h3-6,8-11,14-17,30-31H,7,12-13,18-29H2,1-2H3,(H,48,56)(H,49,57)(H,50,58)(H,51,59). The number of anilines is 4. The maximum Gasteiger partial charge on any atom is 0.225 e. The van der Waals surface area contributed by atoms with Gasteiger partial charge in [-0.05, 0) is 81.2 Å². The summed E-state index contributed by atoms with van der Waals surface area (Å²) in [7, 11) is 4.24. The van der Waals surface area contributed by atoms with Gasteiger partial charge in [0.2, 0.25) is 23.6 Å². The average Bonchev–Trinajstić information content (AvgIpc) is 3.23. The first kappa shape index (κ1) is 46.8. The lowest BCUT2D eigenvalue weighted by Gasteiger charge is -2.32. The Morgan fingerprint density at radius 2 is 0.820 bits per heavy atom. The number of likely N-dealkylation sites (N-methyl/N-ethyl adjacent to an activating group) is 2. The van der Waals surface area contributed by atoms with E-state index in [4.69, 9.17) is 0 Å². The summed E-state index contributed by atoms with van der Waals surface area (Å²) >= 11 is 10.0. The molecule has 2 saturated heterocycles. The quantitative estimate of drug-likeness (QED) is 0.0772. The second-order valence-electron chi connectivity index (χ2n) is 15.3. The van der Waals surface area contributed by atoms with Gasteiger partial charge in [-0.2, -0.15) is 0 Å². The molecule has 0 spiro atoms. The molecule has 0 atom stereocenters. The van der Waals surface area contributed by atoms with Crippen LogP contribution in [0.3, 0.4) is 0 Å². The summed E-state index contributed by atoms with van der Waals surface area (Å²) in [6, 6.07) is 26.7. The minimum absolute atomic E-state index is 0.0431. The van der Waals surface area contributed by atoms with Crippen LogP contribution in [0.5, 0.6) is 0 Å². The Morgan fingerprint density at radius 3 is 1.23 bits per heavy atom. The minimum Gasteiger partial charge on any atom is -0.325 e. The van der Waals surface area contributed by atoms with Crippen molar-refractivity contribution in [3.63, 3.8) is 0 Å². The maximum atomic E-state index is 13.2. The normalized spacial score (nSPS) is 15.3. The zero-order valence-corrected chi connectivity index (χ0v) is 39.5. The highest BCUT2D eigenvalue weighted by Crippen LogP contribution is 2.40. The number of amides is 4. The van der Waals surface area contributed by atoms with Gasteiger partial charge in [0.25, 0.3) is 0 Å². The molecule has 16 heteroatoms. The molecule has 4 N–H and O–H groups in total. The van der Waals surface area contributed by atoms with Gasteiger partial charge in [-0.15, -0.1) is 0 Å². The van der Waals surface area contributed by atoms with Crippen molar-refractivity contribution in [2.75, 3.05) is 101 Å². The lowest BCUT2D eigenvalue weighted by Crippen LogP contribution is -2.45. The molecule has 0 aliphatic carbocycles. The van der Waals surface area contributed by atoms with E-state index in [1.54, 1.807) is 0 Å². The van der Waals surface area contributed by atoms with Crippen molar-refractivity contribution < 1.29 is 19.2 Å². The summed E-state index contributed by atoms with van der Waals surface area (Å²) in [6.45, 7) is 9.29. The zero-order chi connectivity index (χ0) is 43.1. The molecule has 2 aliphatic rings. The number of benzene rings is 4. The Labute approximate surface area is 384 Å². The largest absolute Gasteiger partial charge is 0.325 e. The highest BCUT2D eigenvalue weighted by atomic mass is 79.9. The predicted molar refractivity (Wildman–Crippen MR) is 255 cm³/mol. The predicted octanol–water partition coefficient (Wildman–Crippen LogP) is 8.41. The SMILES string of the molecule is CN1CCN(CCC(=O)Nc2cc(Br)ccc2Sc2ccccc2NC(=O)CCCC(=O)Nc2ccccc2Sc2ccc(Br)cc2NC(=O)CCN2CCN(C)CC2)CC1. The third-order valence-electron chi connectivity index (χ3n) is 10.5. The van der Waals surface area contributed by atoms with E-state index in [-0.39, 0.29) is 36.5 Å². The number of nitrogens with one attached hydrogen (secondary N) is 4. The summed E-state index contributed by atoms with van der Waals surface area (Å²) in [6.07, 6.45) is 1.49. The number of piperazine rings is 2. The van der Waals surface area contributed by atoms with Crippen molar-refractivity contribution in [2.24, 2.45) is 0 Å². The molecule has 4 aromatic rings. The average molecular weight is 995 g/mol. The first-order valence-corrected chi connectivity index (χ1v) is 23.8. The van der Waals surface area contributed by atoms with Crippen LogP contribution < -0.4 is 21.3 Å². The lowest BCUT2D eigenvalue weighted by molar-refractivity contribution is -0.118. The first-order valence-electron chi connectivity index (χ1n) is 20.6. The van der Waals surface area contributed by atoms with Crippen molar-refractivity contribution in [3.8, 4) is 0 Å². The van der Waals surface area contributed by atoms with Gasteiger partial charge in [-0.3, -0.25) is 19.2 Å². The molecule has 2 heterocycles. The number of hydrogen-bond acceptors (Lipinski definition) is 10. The fraction of sp³-hybridized carbons (Fsp3) is 0.378. The van der Waals surface area contributed by atoms with E-state index in [0.29, 0.717) is 55.1 Å². The molecular weight excluding hydrogens is 940 g/mol. The van der Waals surface area contributed by atoms with Crippen LogP contribution in [0.2, 0.25) is 0 Å². The summed E-state index contributed by atoms with van der Waals surface area (Å²) < 4.78 is 1.71. The number of halogens is 2. The van der Waals surface area contributed by atoms with Crippen molar-refractivity contribution in [1.29, 1.82) is 0 Å². The summed E-state index contributed by atoms with van der Waals surface area (Å²) in [5, 5.41) is 12.3. The second kappa shape index (κ2) is 23.6. The van der Waals surface area contributed by atoms with E-state index >= 15 is 0 Å². The highest BCUT2D eigenvalue weighted by molar-refractivity contribution is 9.10. The van der Waals surface area contributed by atoms with Gasteiger partial charge in [0.15, 0.2) is 0 Å². The van der Waals surface area contributed by atoms with E-state index < -0.39 is 0 Å². The number of rotatable bonds is 18. The van der Waals surface area contributed by atoms with Crippen LogP contribution in [0, 0.1) is 0 Å².